The lowest BCUT2D eigenvalue weighted by molar-refractivity contribution is -0.660. The first-order valence-electron chi connectivity index (χ1n) is 7.95. The molecular weight excluding hydrogens is 284 g/mol. The van der Waals surface area contributed by atoms with Gasteiger partial charge < -0.3 is 4.42 Å². The van der Waals surface area contributed by atoms with Gasteiger partial charge in [-0.05, 0) is 37.1 Å². The van der Waals surface area contributed by atoms with E-state index in [1.54, 1.807) is 0 Å². The summed E-state index contributed by atoms with van der Waals surface area (Å²) in [5, 5.41) is 1.07. The topological polar surface area (TPSA) is 29.9 Å². The lowest BCUT2D eigenvalue weighted by Gasteiger charge is -2.06. The highest BCUT2D eigenvalue weighted by atomic mass is 16.3. The summed E-state index contributed by atoms with van der Waals surface area (Å²) in [6, 6.07) is 12.4. The summed E-state index contributed by atoms with van der Waals surface area (Å²) >= 11 is 0. The molecule has 0 aliphatic rings. The van der Waals surface area contributed by atoms with E-state index >= 15 is 0 Å². The normalized spacial score (nSPS) is 11.4. The summed E-state index contributed by atoms with van der Waals surface area (Å²) in [5.41, 5.74) is 7.39. The van der Waals surface area contributed by atoms with E-state index in [2.05, 4.69) is 54.8 Å². The van der Waals surface area contributed by atoms with Crippen molar-refractivity contribution >= 4 is 22.1 Å². The molecular formula is C20H19N2O+. The molecule has 23 heavy (non-hydrogen) atoms. The maximum atomic E-state index is 6.15. The van der Waals surface area contributed by atoms with Crippen LogP contribution in [0, 0.1) is 6.92 Å². The van der Waals surface area contributed by atoms with Gasteiger partial charge in [-0.3, -0.25) is 4.98 Å². The smallest absolute Gasteiger partial charge is 0.216 e. The second-order valence-corrected chi connectivity index (χ2v) is 5.98. The molecule has 0 bridgehead atoms. The highest BCUT2D eigenvalue weighted by molar-refractivity contribution is 6.07. The van der Waals surface area contributed by atoms with E-state index in [-0.39, 0.29) is 0 Å². The van der Waals surface area contributed by atoms with Crippen LogP contribution in [-0.2, 0) is 13.5 Å². The van der Waals surface area contributed by atoms with Crippen LogP contribution in [0.15, 0.2) is 53.2 Å². The van der Waals surface area contributed by atoms with Crippen LogP contribution in [0.25, 0.3) is 33.3 Å². The number of furan rings is 1. The van der Waals surface area contributed by atoms with Gasteiger partial charge >= 0.3 is 0 Å². The van der Waals surface area contributed by atoms with Crippen molar-refractivity contribution in [3.63, 3.8) is 0 Å². The van der Waals surface area contributed by atoms with Crippen molar-refractivity contribution in [2.45, 2.75) is 20.3 Å². The van der Waals surface area contributed by atoms with Gasteiger partial charge in [0.2, 0.25) is 5.69 Å². The predicted octanol–water partition coefficient (Wildman–Crippen LogP) is 4.34. The number of para-hydroxylation sites is 1. The van der Waals surface area contributed by atoms with Crippen molar-refractivity contribution in [1.29, 1.82) is 0 Å². The summed E-state index contributed by atoms with van der Waals surface area (Å²) < 4.78 is 8.33. The Morgan fingerprint density at radius 2 is 1.96 bits per heavy atom. The van der Waals surface area contributed by atoms with Gasteiger partial charge in [0.25, 0.3) is 0 Å². The van der Waals surface area contributed by atoms with Crippen LogP contribution in [0.3, 0.4) is 0 Å². The maximum Gasteiger partial charge on any atom is 0.216 e. The fourth-order valence-corrected chi connectivity index (χ4v) is 3.19. The number of hydrogen-bond acceptors (Lipinski definition) is 2. The number of nitrogens with zero attached hydrogens (tertiary/aromatic N) is 2. The minimum atomic E-state index is 0.867. The standard InChI is InChI=1S/C20H19N2O/c1-4-14-9-10-16(22(3)12-14)18-13(2)11-21-19-15-7-5-6-8-17(15)23-20(18)19/h5-12H,4H2,1-3H3/q+1. The molecule has 114 valence electrons. The summed E-state index contributed by atoms with van der Waals surface area (Å²) in [6.45, 7) is 4.26. The van der Waals surface area contributed by atoms with Gasteiger partial charge in [0, 0.05) is 23.2 Å². The Hall–Kier alpha value is -2.68. The van der Waals surface area contributed by atoms with E-state index in [0.717, 1.165) is 45.3 Å². The summed E-state index contributed by atoms with van der Waals surface area (Å²) in [4.78, 5) is 4.62. The summed E-state index contributed by atoms with van der Waals surface area (Å²) in [6.07, 6.45) is 5.15. The summed E-state index contributed by atoms with van der Waals surface area (Å²) in [5.74, 6) is 0. The average Bonchev–Trinajstić information content (AvgIpc) is 2.94. The molecule has 0 aliphatic carbocycles. The highest BCUT2D eigenvalue weighted by Crippen LogP contribution is 2.35. The van der Waals surface area contributed by atoms with Crippen molar-refractivity contribution in [1.82, 2.24) is 4.98 Å². The fraction of sp³-hybridized carbons (Fsp3) is 0.200. The van der Waals surface area contributed by atoms with Crippen LogP contribution < -0.4 is 4.57 Å². The second kappa shape index (κ2) is 5.20. The van der Waals surface area contributed by atoms with Gasteiger partial charge in [-0.1, -0.05) is 19.1 Å². The lowest BCUT2D eigenvalue weighted by atomic mass is 10.0. The third-order valence-corrected chi connectivity index (χ3v) is 4.44. The molecule has 0 N–H and O–H groups in total. The van der Waals surface area contributed by atoms with E-state index in [0.29, 0.717) is 0 Å². The number of fused-ring (bicyclic) bond motifs is 3. The average molecular weight is 303 g/mol. The Labute approximate surface area is 135 Å². The van der Waals surface area contributed by atoms with Crippen molar-refractivity contribution in [3.05, 3.63) is 59.9 Å². The minimum Gasteiger partial charge on any atom is -0.453 e. The van der Waals surface area contributed by atoms with Gasteiger partial charge in [-0.25, -0.2) is 4.57 Å². The SMILES string of the molecule is CCc1ccc(-c2c(C)cnc3c2oc2ccccc23)[n+](C)c1. The molecule has 4 aromatic rings. The molecule has 0 saturated carbocycles. The van der Waals surface area contributed by atoms with Crippen molar-refractivity contribution < 1.29 is 8.98 Å². The van der Waals surface area contributed by atoms with Gasteiger partial charge in [-0.2, -0.15) is 0 Å². The van der Waals surface area contributed by atoms with E-state index in [4.69, 9.17) is 4.42 Å². The lowest BCUT2D eigenvalue weighted by Crippen LogP contribution is -2.31. The van der Waals surface area contributed by atoms with Gasteiger partial charge in [0.05, 0.1) is 5.56 Å². The molecule has 3 heterocycles. The monoisotopic (exact) mass is 303 g/mol. The third-order valence-electron chi connectivity index (χ3n) is 4.44. The van der Waals surface area contributed by atoms with E-state index in [1.165, 1.54) is 5.56 Å². The van der Waals surface area contributed by atoms with E-state index in [9.17, 15) is 0 Å². The molecule has 1 aromatic carbocycles. The van der Waals surface area contributed by atoms with Crippen LogP contribution in [-0.4, -0.2) is 4.98 Å². The zero-order valence-electron chi connectivity index (χ0n) is 13.6. The molecule has 0 spiro atoms. The van der Waals surface area contributed by atoms with E-state index in [1.807, 2.05) is 24.4 Å². The predicted molar refractivity (Wildman–Crippen MR) is 92.2 cm³/mol. The number of pyridine rings is 2. The zero-order chi connectivity index (χ0) is 16.0. The molecule has 0 amide bonds. The molecule has 4 rings (SSSR count). The molecule has 3 heteroatoms. The number of rotatable bonds is 2. The second-order valence-electron chi connectivity index (χ2n) is 5.98. The molecule has 0 fully saturated rings. The molecule has 3 aromatic heterocycles. The quantitative estimate of drug-likeness (QED) is 0.515. The number of benzene rings is 1. The minimum absolute atomic E-state index is 0.867. The van der Waals surface area contributed by atoms with Gasteiger partial charge in [0.1, 0.15) is 18.1 Å². The Morgan fingerprint density at radius 3 is 2.74 bits per heavy atom. The van der Waals surface area contributed by atoms with Crippen molar-refractivity contribution in [2.75, 3.05) is 0 Å². The van der Waals surface area contributed by atoms with Crippen molar-refractivity contribution in [2.24, 2.45) is 7.05 Å². The Bertz CT molecular complexity index is 1030. The van der Waals surface area contributed by atoms with Crippen LogP contribution >= 0.6 is 0 Å². The van der Waals surface area contributed by atoms with Crippen LogP contribution in [0.2, 0.25) is 0 Å². The first-order chi connectivity index (χ1) is 11.2. The Morgan fingerprint density at radius 1 is 1.13 bits per heavy atom. The first-order valence-corrected chi connectivity index (χ1v) is 7.95. The Balaban J connectivity index is 2.08. The molecule has 0 aliphatic heterocycles. The number of hydrogen-bond donors (Lipinski definition) is 0. The van der Waals surface area contributed by atoms with E-state index < -0.39 is 0 Å². The first kappa shape index (κ1) is 13.9. The molecule has 0 unspecified atom stereocenters. The summed E-state index contributed by atoms with van der Waals surface area (Å²) in [7, 11) is 2.09. The van der Waals surface area contributed by atoms with Gasteiger partial charge in [-0.15, -0.1) is 0 Å². The largest absolute Gasteiger partial charge is 0.453 e. The van der Waals surface area contributed by atoms with Crippen LogP contribution in [0.1, 0.15) is 18.1 Å². The molecule has 0 atom stereocenters. The molecule has 0 saturated heterocycles. The number of aromatic nitrogens is 2. The van der Waals surface area contributed by atoms with Crippen molar-refractivity contribution in [3.8, 4) is 11.3 Å². The highest BCUT2D eigenvalue weighted by Gasteiger charge is 2.21. The molecule has 0 radical (unpaired) electrons. The third kappa shape index (κ3) is 2.12. The van der Waals surface area contributed by atoms with Crippen LogP contribution in [0.4, 0.5) is 0 Å². The van der Waals surface area contributed by atoms with Crippen LogP contribution in [0.5, 0.6) is 0 Å². The zero-order valence-corrected chi connectivity index (χ0v) is 13.6. The Kier molecular flexibility index (Phi) is 3.15. The number of aryl methyl sites for hydroxylation is 3. The molecule has 3 nitrogen and oxygen atoms in total. The maximum absolute atomic E-state index is 6.15. The fourth-order valence-electron chi connectivity index (χ4n) is 3.19. The van der Waals surface area contributed by atoms with Gasteiger partial charge in [0.15, 0.2) is 11.8 Å².